The zero-order chi connectivity index (χ0) is 15.5. The topological polar surface area (TPSA) is 83.2 Å². The van der Waals surface area contributed by atoms with E-state index in [1.54, 1.807) is 24.3 Å². The number of amidine groups is 1. The number of nitrogens with zero attached hydrogens (tertiary/aromatic N) is 1. The third-order valence-electron chi connectivity index (χ3n) is 3.65. The van der Waals surface area contributed by atoms with Crippen molar-refractivity contribution in [3.8, 4) is 0 Å². The summed E-state index contributed by atoms with van der Waals surface area (Å²) in [7, 11) is -3.50. The molecule has 2 rings (SSSR count). The molecule has 0 amide bonds. The van der Waals surface area contributed by atoms with Crippen molar-refractivity contribution < 1.29 is 18.4 Å². The zero-order valence-corrected chi connectivity index (χ0v) is 13.2. The Hall–Kier alpha value is -1.44. The van der Waals surface area contributed by atoms with Gasteiger partial charge < -0.3 is 10.0 Å². The Labute approximate surface area is 125 Å². The molecule has 0 unspecified atom stereocenters. The molecule has 0 fully saturated rings. The molecule has 3 N–H and O–H groups in total. The Morgan fingerprint density at radius 2 is 1.95 bits per heavy atom. The van der Waals surface area contributed by atoms with Crippen LogP contribution in [-0.2, 0) is 10.0 Å². The first kappa shape index (κ1) is 15.9. The molecule has 1 atom stereocenters. The van der Waals surface area contributed by atoms with Crippen LogP contribution in [0.1, 0.15) is 19.4 Å². The van der Waals surface area contributed by atoms with Crippen LogP contribution in [0, 0.1) is 0 Å². The number of likely N-dealkylation sites (N-methyl/N-ethyl adjacent to an activating group) is 1. The predicted octanol–water partition coefficient (Wildman–Crippen LogP) is -0.989. The highest BCUT2D eigenvalue weighted by molar-refractivity contribution is 7.90. The molecule has 0 radical (unpaired) electrons. The number of hydrogen-bond acceptors (Lipinski definition) is 4. The normalized spacial score (nSPS) is 19.5. The van der Waals surface area contributed by atoms with E-state index in [1.165, 1.54) is 4.90 Å². The number of aliphatic hydroxyl groups excluding tert-OH is 1. The monoisotopic (exact) mass is 312 g/mol. The molecule has 1 heterocycles. The Morgan fingerprint density at radius 1 is 1.29 bits per heavy atom. The van der Waals surface area contributed by atoms with E-state index in [2.05, 4.69) is 23.6 Å². The number of aliphatic hydroxyl groups is 1. The molecular formula is C14H22N3O3S+. The molecule has 1 aromatic rings. The van der Waals surface area contributed by atoms with E-state index < -0.39 is 16.1 Å². The summed E-state index contributed by atoms with van der Waals surface area (Å²) >= 11 is 0. The molecule has 0 saturated heterocycles. The number of benzene rings is 1. The van der Waals surface area contributed by atoms with Crippen molar-refractivity contribution in [2.75, 3.05) is 26.2 Å². The van der Waals surface area contributed by atoms with E-state index in [4.69, 9.17) is 0 Å². The highest BCUT2D eigenvalue weighted by Crippen LogP contribution is 2.21. The second-order valence-corrected chi connectivity index (χ2v) is 6.76. The second-order valence-electron chi connectivity index (χ2n) is 5.11. The van der Waals surface area contributed by atoms with Crippen molar-refractivity contribution in [1.29, 1.82) is 0 Å². The van der Waals surface area contributed by atoms with Crippen molar-refractivity contribution in [2.45, 2.75) is 24.8 Å². The first-order chi connectivity index (χ1) is 9.97. The molecule has 116 valence electrons. The summed E-state index contributed by atoms with van der Waals surface area (Å²) in [6.07, 6.45) is -0.579. The van der Waals surface area contributed by atoms with Crippen LogP contribution in [0.2, 0.25) is 0 Å². The van der Waals surface area contributed by atoms with Crippen LogP contribution in [0.4, 0.5) is 0 Å². The molecule has 0 aliphatic carbocycles. The molecular weight excluding hydrogens is 290 g/mol. The van der Waals surface area contributed by atoms with Gasteiger partial charge >= 0.3 is 0 Å². The summed E-state index contributed by atoms with van der Waals surface area (Å²) in [5, 5.41) is 10.0. The number of rotatable bonds is 6. The molecule has 1 aliphatic rings. The van der Waals surface area contributed by atoms with Crippen molar-refractivity contribution in [3.63, 3.8) is 0 Å². The Kier molecular flexibility index (Phi) is 4.97. The highest BCUT2D eigenvalue weighted by atomic mass is 32.2. The SMILES string of the molecule is CC[NH+](CC)C[C@H](O)CN=C1NS(=O)(=O)c2ccccc21. The molecule has 1 aromatic carbocycles. The maximum atomic E-state index is 11.9. The average molecular weight is 312 g/mol. The standard InChI is InChI=1S/C14H21N3O3S/c1-3-17(4-2)10-11(18)9-15-14-12-7-5-6-8-13(12)21(19,20)16-14/h5-8,11,18H,3-4,9-10H2,1-2H3,(H,15,16)/p+1/t11-/m1/s1. The fourth-order valence-corrected chi connectivity index (χ4v) is 3.64. The van der Waals surface area contributed by atoms with E-state index in [-0.39, 0.29) is 11.4 Å². The Morgan fingerprint density at radius 3 is 2.62 bits per heavy atom. The predicted molar refractivity (Wildman–Crippen MR) is 81.1 cm³/mol. The summed E-state index contributed by atoms with van der Waals surface area (Å²) in [6, 6.07) is 6.72. The minimum atomic E-state index is -3.50. The first-order valence-corrected chi connectivity index (χ1v) is 8.64. The van der Waals surface area contributed by atoms with Gasteiger partial charge in [0.25, 0.3) is 10.0 Å². The number of nitrogens with one attached hydrogen (secondary N) is 2. The lowest BCUT2D eigenvalue weighted by atomic mass is 10.2. The smallest absolute Gasteiger partial charge is 0.263 e. The number of quaternary nitrogens is 1. The Bertz CT molecular complexity index is 624. The maximum absolute atomic E-state index is 11.9. The molecule has 0 bridgehead atoms. The summed E-state index contributed by atoms with van der Waals surface area (Å²) in [5.41, 5.74) is 0.569. The maximum Gasteiger partial charge on any atom is 0.263 e. The fourth-order valence-electron chi connectivity index (χ4n) is 2.38. The van der Waals surface area contributed by atoms with Gasteiger partial charge in [-0.05, 0) is 26.0 Å². The van der Waals surface area contributed by atoms with E-state index in [1.807, 2.05) is 0 Å². The van der Waals surface area contributed by atoms with E-state index in [0.29, 0.717) is 17.9 Å². The molecule has 6 nitrogen and oxygen atoms in total. The first-order valence-electron chi connectivity index (χ1n) is 7.16. The minimum absolute atomic E-state index is 0.190. The van der Waals surface area contributed by atoms with Crippen molar-refractivity contribution in [1.82, 2.24) is 4.72 Å². The van der Waals surface area contributed by atoms with Crippen molar-refractivity contribution >= 4 is 15.9 Å². The number of aliphatic imine (C=N–C) groups is 1. The largest absolute Gasteiger partial charge is 0.385 e. The summed E-state index contributed by atoms with van der Waals surface area (Å²) in [5.74, 6) is 0.319. The minimum Gasteiger partial charge on any atom is -0.385 e. The lowest BCUT2D eigenvalue weighted by molar-refractivity contribution is -0.899. The number of hydrogen-bond donors (Lipinski definition) is 3. The highest BCUT2D eigenvalue weighted by Gasteiger charge is 2.30. The van der Waals surface area contributed by atoms with Crippen LogP contribution in [0.15, 0.2) is 34.2 Å². The molecule has 0 saturated carbocycles. The van der Waals surface area contributed by atoms with Gasteiger partial charge in [0, 0.05) is 5.56 Å². The quantitative estimate of drug-likeness (QED) is 0.631. The third-order valence-corrected chi connectivity index (χ3v) is 5.04. The fraction of sp³-hybridized carbons (Fsp3) is 0.500. The van der Waals surface area contributed by atoms with Crippen LogP contribution in [0.25, 0.3) is 0 Å². The van der Waals surface area contributed by atoms with E-state index in [0.717, 1.165) is 13.1 Å². The van der Waals surface area contributed by atoms with Crippen molar-refractivity contribution in [2.24, 2.45) is 4.99 Å². The lowest BCUT2D eigenvalue weighted by Gasteiger charge is -2.18. The van der Waals surface area contributed by atoms with Gasteiger partial charge in [0.1, 0.15) is 18.5 Å². The van der Waals surface area contributed by atoms with Crippen LogP contribution >= 0.6 is 0 Å². The molecule has 7 heteroatoms. The average Bonchev–Trinajstić information content (AvgIpc) is 2.74. The van der Waals surface area contributed by atoms with E-state index in [9.17, 15) is 13.5 Å². The van der Waals surface area contributed by atoms with Gasteiger partial charge in [-0.15, -0.1) is 0 Å². The Balaban J connectivity index is 2.10. The molecule has 21 heavy (non-hydrogen) atoms. The molecule has 1 aliphatic heterocycles. The second kappa shape index (κ2) is 6.55. The van der Waals surface area contributed by atoms with Crippen LogP contribution in [-0.4, -0.2) is 51.6 Å². The van der Waals surface area contributed by atoms with Gasteiger partial charge in [0.2, 0.25) is 0 Å². The third kappa shape index (κ3) is 3.61. The summed E-state index contributed by atoms with van der Waals surface area (Å²) < 4.78 is 26.3. The van der Waals surface area contributed by atoms with Crippen LogP contribution in [0.5, 0.6) is 0 Å². The van der Waals surface area contributed by atoms with Gasteiger partial charge in [0.15, 0.2) is 0 Å². The lowest BCUT2D eigenvalue weighted by Crippen LogP contribution is -3.12. The van der Waals surface area contributed by atoms with Gasteiger partial charge in [-0.3, -0.25) is 9.71 Å². The van der Waals surface area contributed by atoms with Crippen LogP contribution in [0.3, 0.4) is 0 Å². The molecule has 0 spiro atoms. The van der Waals surface area contributed by atoms with Crippen LogP contribution < -0.4 is 9.62 Å². The van der Waals surface area contributed by atoms with E-state index >= 15 is 0 Å². The van der Waals surface area contributed by atoms with Gasteiger partial charge in [-0.25, -0.2) is 8.42 Å². The van der Waals surface area contributed by atoms with Gasteiger partial charge in [0.05, 0.1) is 24.5 Å². The van der Waals surface area contributed by atoms with Crippen molar-refractivity contribution in [3.05, 3.63) is 29.8 Å². The summed E-state index contributed by atoms with van der Waals surface area (Å²) in [6.45, 7) is 6.82. The molecule has 0 aromatic heterocycles. The number of fused-ring (bicyclic) bond motifs is 1. The van der Waals surface area contributed by atoms with Gasteiger partial charge in [-0.2, -0.15) is 0 Å². The van der Waals surface area contributed by atoms with Gasteiger partial charge in [-0.1, -0.05) is 12.1 Å². The number of sulfonamides is 1. The summed E-state index contributed by atoms with van der Waals surface area (Å²) in [4.78, 5) is 5.78. The zero-order valence-electron chi connectivity index (χ0n) is 12.3.